The molecule has 1 saturated carbocycles. The van der Waals surface area contributed by atoms with E-state index in [-0.39, 0.29) is 17.1 Å². The van der Waals surface area contributed by atoms with Gasteiger partial charge in [-0.3, -0.25) is 10.1 Å². The Morgan fingerprint density at radius 3 is 2.79 bits per heavy atom. The second kappa shape index (κ2) is 5.83. The van der Waals surface area contributed by atoms with Crippen LogP contribution in [0.15, 0.2) is 12.1 Å². The monoisotopic (exact) mass is 269 g/mol. The number of nitrogens with zero attached hydrogens (tertiary/aromatic N) is 1. The van der Waals surface area contributed by atoms with Crippen LogP contribution in [0.5, 0.6) is 5.75 Å². The second-order valence-electron chi connectivity index (χ2n) is 4.42. The molecule has 0 atom stereocenters. The summed E-state index contributed by atoms with van der Waals surface area (Å²) in [5.74, 6) is -0.751. The SMILES string of the molecule is COc1cc(NCCNC2CC2)c([N+](=O)[O-])cc1F. The van der Waals surface area contributed by atoms with Crippen molar-refractivity contribution in [3.8, 4) is 5.75 Å². The number of ether oxygens (including phenoxy) is 1. The maximum absolute atomic E-state index is 13.4. The Balaban J connectivity index is 2.04. The summed E-state index contributed by atoms with van der Waals surface area (Å²) < 4.78 is 18.2. The zero-order chi connectivity index (χ0) is 13.8. The third kappa shape index (κ3) is 3.54. The fourth-order valence-electron chi connectivity index (χ4n) is 1.75. The molecule has 0 bridgehead atoms. The summed E-state index contributed by atoms with van der Waals surface area (Å²) in [6, 6.07) is 2.76. The molecule has 1 aromatic carbocycles. The Kier molecular flexibility index (Phi) is 4.16. The standard InChI is InChI=1S/C12H16FN3O3/c1-19-12-7-10(11(16(17)18)6-9(12)13)15-5-4-14-8-2-3-8/h6-8,14-15H,2-5H2,1H3. The molecule has 0 spiro atoms. The van der Waals surface area contributed by atoms with E-state index in [0.717, 1.165) is 6.07 Å². The van der Waals surface area contributed by atoms with Gasteiger partial charge in [-0.25, -0.2) is 4.39 Å². The molecule has 0 unspecified atom stereocenters. The van der Waals surface area contributed by atoms with E-state index < -0.39 is 10.7 Å². The molecule has 6 nitrogen and oxygen atoms in total. The third-order valence-corrected chi connectivity index (χ3v) is 2.92. The highest BCUT2D eigenvalue weighted by Crippen LogP contribution is 2.31. The zero-order valence-electron chi connectivity index (χ0n) is 10.6. The molecule has 0 aliphatic heterocycles. The number of nitro benzene ring substituents is 1. The fourth-order valence-corrected chi connectivity index (χ4v) is 1.75. The van der Waals surface area contributed by atoms with Gasteiger partial charge in [0, 0.05) is 25.2 Å². The van der Waals surface area contributed by atoms with Crippen LogP contribution in [-0.4, -0.2) is 31.2 Å². The largest absolute Gasteiger partial charge is 0.494 e. The smallest absolute Gasteiger partial charge is 0.295 e. The third-order valence-electron chi connectivity index (χ3n) is 2.92. The molecule has 1 aliphatic rings. The molecule has 1 aromatic rings. The average Bonchev–Trinajstić information content (AvgIpc) is 3.19. The van der Waals surface area contributed by atoms with Gasteiger partial charge in [0.1, 0.15) is 5.69 Å². The molecule has 7 heteroatoms. The summed E-state index contributed by atoms with van der Waals surface area (Å²) >= 11 is 0. The van der Waals surface area contributed by atoms with E-state index in [1.165, 1.54) is 26.0 Å². The van der Waals surface area contributed by atoms with Crippen molar-refractivity contribution >= 4 is 11.4 Å². The first-order valence-electron chi connectivity index (χ1n) is 6.11. The molecule has 0 amide bonds. The normalized spacial score (nSPS) is 14.2. The van der Waals surface area contributed by atoms with Crippen LogP contribution in [0.2, 0.25) is 0 Å². The van der Waals surface area contributed by atoms with Crippen molar-refractivity contribution < 1.29 is 14.1 Å². The number of nitrogens with one attached hydrogen (secondary N) is 2. The first kappa shape index (κ1) is 13.5. The van der Waals surface area contributed by atoms with Crippen LogP contribution in [0.3, 0.4) is 0 Å². The summed E-state index contributed by atoms with van der Waals surface area (Å²) in [7, 11) is 1.32. The van der Waals surface area contributed by atoms with Gasteiger partial charge in [-0.05, 0) is 12.8 Å². The molecule has 0 saturated heterocycles. The number of halogens is 1. The maximum Gasteiger partial charge on any atom is 0.295 e. The molecular weight excluding hydrogens is 253 g/mol. The lowest BCUT2D eigenvalue weighted by atomic mass is 10.2. The minimum Gasteiger partial charge on any atom is -0.494 e. The molecule has 104 valence electrons. The summed E-state index contributed by atoms with van der Waals surface area (Å²) in [4.78, 5) is 10.3. The fraction of sp³-hybridized carbons (Fsp3) is 0.500. The highest BCUT2D eigenvalue weighted by molar-refractivity contribution is 5.64. The zero-order valence-corrected chi connectivity index (χ0v) is 10.6. The molecule has 0 radical (unpaired) electrons. The lowest BCUT2D eigenvalue weighted by Gasteiger charge is -2.10. The number of benzene rings is 1. The van der Waals surface area contributed by atoms with Crippen molar-refractivity contribution in [2.24, 2.45) is 0 Å². The lowest BCUT2D eigenvalue weighted by molar-refractivity contribution is -0.384. The number of hydrogen-bond donors (Lipinski definition) is 2. The van der Waals surface area contributed by atoms with Gasteiger partial charge < -0.3 is 15.4 Å². The Bertz CT molecular complexity index is 478. The molecule has 1 fully saturated rings. The van der Waals surface area contributed by atoms with Gasteiger partial charge in [-0.1, -0.05) is 0 Å². The number of nitro groups is 1. The molecule has 19 heavy (non-hydrogen) atoms. The van der Waals surface area contributed by atoms with Crippen LogP contribution >= 0.6 is 0 Å². The predicted molar refractivity (Wildman–Crippen MR) is 69.1 cm³/mol. The molecule has 0 aromatic heterocycles. The van der Waals surface area contributed by atoms with Gasteiger partial charge in [0.25, 0.3) is 5.69 Å². The highest BCUT2D eigenvalue weighted by atomic mass is 19.1. The summed E-state index contributed by atoms with van der Waals surface area (Å²) in [6.45, 7) is 1.24. The van der Waals surface area contributed by atoms with Crippen molar-refractivity contribution in [1.82, 2.24) is 5.32 Å². The minimum absolute atomic E-state index is 0.0109. The molecule has 2 rings (SSSR count). The lowest BCUT2D eigenvalue weighted by Crippen LogP contribution is -2.24. The summed E-state index contributed by atoms with van der Waals surface area (Å²) in [5, 5.41) is 17.1. The van der Waals surface area contributed by atoms with E-state index in [4.69, 9.17) is 4.74 Å². The molecule has 0 heterocycles. The van der Waals surface area contributed by atoms with Crippen LogP contribution in [0.25, 0.3) is 0 Å². The molecule has 1 aliphatic carbocycles. The Hall–Kier alpha value is -1.89. The first-order chi connectivity index (χ1) is 9.11. The summed E-state index contributed by atoms with van der Waals surface area (Å²) in [5.41, 5.74) is -0.0226. The van der Waals surface area contributed by atoms with E-state index >= 15 is 0 Å². The number of hydrogen-bond acceptors (Lipinski definition) is 5. The highest BCUT2D eigenvalue weighted by Gasteiger charge is 2.21. The Morgan fingerprint density at radius 1 is 1.47 bits per heavy atom. The maximum atomic E-state index is 13.4. The van der Waals surface area contributed by atoms with E-state index in [1.54, 1.807) is 0 Å². The quantitative estimate of drug-likeness (QED) is 0.449. The average molecular weight is 269 g/mol. The molecule has 2 N–H and O–H groups in total. The van der Waals surface area contributed by atoms with Gasteiger partial charge in [-0.2, -0.15) is 0 Å². The topological polar surface area (TPSA) is 76.4 Å². The van der Waals surface area contributed by atoms with Crippen LogP contribution in [0.4, 0.5) is 15.8 Å². The van der Waals surface area contributed by atoms with Crippen LogP contribution < -0.4 is 15.4 Å². The minimum atomic E-state index is -0.740. The van der Waals surface area contributed by atoms with E-state index in [2.05, 4.69) is 10.6 Å². The van der Waals surface area contributed by atoms with Gasteiger partial charge in [0.2, 0.25) is 0 Å². The van der Waals surface area contributed by atoms with Crippen molar-refractivity contribution in [3.05, 3.63) is 28.1 Å². The van der Waals surface area contributed by atoms with Gasteiger partial charge >= 0.3 is 0 Å². The van der Waals surface area contributed by atoms with Crippen LogP contribution in [0, 0.1) is 15.9 Å². The van der Waals surface area contributed by atoms with Crippen molar-refractivity contribution in [2.75, 3.05) is 25.5 Å². The van der Waals surface area contributed by atoms with Crippen molar-refractivity contribution in [3.63, 3.8) is 0 Å². The molecular formula is C12H16FN3O3. The van der Waals surface area contributed by atoms with Crippen molar-refractivity contribution in [1.29, 1.82) is 0 Å². The van der Waals surface area contributed by atoms with E-state index in [0.29, 0.717) is 19.1 Å². The Labute approximate surface area is 110 Å². The van der Waals surface area contributed by atoms with Crippen LogP contribution in [0.1, 0.15) is 12.8 Å². The van der Waals surface area contributed by atoms with E-state index in [1.807, 2.05) is 0 Å². The second-order valence-corrected chi connectivity index (χ2v) is 4.42. The number of rotatable bonds is 7. The van der Waals surface area contributed by atoms with Crippen LogP contribution in [-0.2, 0) is 0 Å². The Morgan fingerprint density at radius 2 is 2.21 bits per heavy atom. The summed E-state index contributed by atoms with van der Waals surface area (Å²) in [6.07, 6.45) is 2.37. The number of methoxy groups -OCH3 is 1. The van der Waals surface area contributed by atoms with Gasteiger partial charge in [0.15, 0.2) is 11.6 Å². The predicted octanol–water partition coefficient (Wildman–Crippen LogP) is 1.91. The number of anilines is 1. The van der Waals surface area contributed by atoms with Gasteiger partial charge in [0.05, 0.1) is 18.1 Å². The van der Waals surface area contributed by atoms with E-state index in [9.17, 15) is 14.5 Å². The van der Waals surface area contributed by atoms with Gasteiger partial charge in [-0.15, -0.1) is 0 Å². The van der Waals surface area contributed by atoms with Crippen molar-refractivity contribution in [2.45, 2.75) is 18.9 Å². The first-order valence-corrected chi connectivity index (χ1v) is 6.11.